The second-order valence-corrected chi connectivity index (χ2v) is 68.8. The van der Waals surface area contributed by atoms with Gasteiger partial charge < -0.3 is 0 Å². The van der Waals surface area contributed by atoms with Crippen LogP contribution in [-0.4, -0.2) is 33.5 Å². The van der Waals surface area contributed by atoms with Gasteiger partial charge in [-0.05, 0) is 0 Å². The summed E-state index contributed by atoms with van der Waals surface area (Å²) in [6.45, 7) is 22.4. The van der Waals surface area contributed by atoms with E-state index in [0.717, 1.165) is 0 Å². The molecule has 50 heavy (non-hydrogen) atoms. The number of nitrogens with zero attached hydrogens (tertiary/aromatic N) is 2. The van der Waals surface area contributed by atoms with Crippen molar-refractivity contribution in [3.05, 3.63) is 132 Å². The van der Waals surface area contributed by atoms with E-state index in [9.17, 15) is 0 Å². The zero-order chi connectivity index (χ0) is 37.0. The van der Waals surface area contributed by atoms with E-state index in [0.29, 0.717) is 8.45 Å². The Bertz CT molecular complexity index is 1730. The van der Waals surface area contributed by atoms with Crippen molar-refractivity contribution in [3.63, 3.8) is 0 Å². The number of hydrogen-bond acceptors (Lipinski definition) is 2. The Morgan fingerprint density at radius 3 is 1.08 bits per heavy atom. The third-order valence-corrected chi connectivity index (χ3v) is 69.4. The predicted molar refractivity (Wildman–Crippen MR) is 221 cm³/mol. The number of rotatable bonds is 8. The topological polar surface area (TPSA) is 33.9 Å². The molecule has 0 spiro atoms. The quantitative estimate of drug-likeness (QED) is 0.175. The molecule has 8 heteroatoms. The summed E-state index contributed by atoms with van der Waals surface area (Å²) in [5, 5.41) is 10.6. The maximum absolute atomic E-state index is 4.26. The number of fused-ring (bicyclic) bond motifs is 2. The van der Waals surface area contributed by atoms with Crippen molar-refractivity contribution < 1.29 is 29.6 Å². The molecule has 2 unspecified atom stereocenters. The molecule has 4 nitrogen and oxygen atoms in total. The molecule has 0 saturated heterocycles. The summed E-state index contributed by atoms with van der Waals surface area (Å²) >= 11 is -5.94. The van der Waals surface area contributed by atoms with E-state index in [1.165, 1.54) is 33.6 Å². The van der Waals surface area contributed by atoms with Crippen LogP contribution >= 0.6 is 0 Å². The Labute approximate surface area is 308 Å². The molecule has 2 aromatic heterocycles. The SMILES string of the molecule is C[SiH](C)[Ti]([CH3])([CH3])([NH]C(C)(C)C)[CH]1C=C(n2cccc2)c2ccccc21.C[SiH](C)[Ti]([CH3])([CH3])([NH]C(C)(C)C)[CH]1C=C(n2cccc2)c2ccccc21. The monoisotopic (exact) mass is 778 g/mol. The average molecular weight is 779 g/mol. The van der Waals surface area contributed by atoms with Crippen LogP contribution in [0.3, 0.4) is 0 Å². The molecule has 0 fully saturated rings. The Hall–Kier alpha value is -1.74. The normalized spacial score (nSPS) is 19.4. The van der Waals surface area contributed by atoms with Gasteiger partial charge >= 0.3 is 311 Å². The molecule has 270 valence electrons. The van der Waals surface area contributed by atoms with E-state index < -0.39 is 43.0 Å². The fourth-order valence-electron chi connectivity index (χ4n) is 9.12. The van der Waals surface area contributed by atoms with Gasteiger partial charge in [0.1, 0.15) is 0 Å². The van der Waals surface area contributed by atoms with Crippen LogP contribution in [0.4, 0.5) is 0 Å². The van der Waals surface area contributed by atoms with Gasteiger partial charge in [0.15, 0.2) is 0 Å². The molecular formula is C42H66N4Si2Ti2. The Morgan fingerprint density at radius 1 is 0.500 bits per heavy atom. The van der Waals surface area contributed by atoms with Crippen molar-refractivity contribution in [2.75, 3.05) is 0 Å². The summed E-state index contributed by atoms with van der Waals surface area (Å²) in [5.74, 6) is 0. The van der Waals surface area contributed by atoms with Crippen LogP contribution in [0.25, 0.3) is 11.4 Å². The second-order valence-electron chi connectivity index (χ2n) is 19.7. The van der Waals surface area contributed by atoms with Crippen LogP contribution in [0.5, 0.6) is 0 Å². The fraction of sp³-hybridized carbons (Fsp3) is 0.429. The molecule has 2 aliphatic rings. The molecule has 2 aliphatic carbocycles. The van der Waals surface area contributed by atoms with Crippen LogP contribution in [0, 0.1) is 0 Å². The molecule has 2 N–H and O–H groups in total. The third-order valence-electron chi connectivity index (χ3n) is 12.6. The van der Waals surface area contributed by atoms with Gasteiger partial charge in [0.05, 0.1) is 0 Å². The summed E-state index contributed by atoms with van der Waals surface area (Å²) in [5.41, 5.74) is 8.90. The van der Waals surface area contributed by atoms with E-state index >= 15 is 0 Å². The van der Waals surface area contributed by atoms with Gasteiger partial charge in [-0.1, -0.05) is 0 Å². The van der Waals surface area contributed by atoms with Gasteiger partial charge in [0.2, 0.25) is 0 Å². The minimum absolute atomic E-state index is 0.150. The standard InChI is InChI=1S/2C13H10N.2C4H10N.2C2H7Si.4CH3.2Ti/c2*1-2-6-12-11(5-1)7-8-13(12)14-9-3-4-10-14;2*1-4(2,3)5;2*1-3-2;;;;;;/h2*1-10H;2*5H,1-3H3;2*3H,1-2H3;4*1H3;;/q;;2*-1;;;;;;;2*+1. The molecule has 6 rings (SSSR count). The third kappa shape index (κ3) is 7.52. The molecule has 0 bridgehead atoms. The molecule has 0 radical (unpaired) electrons. The van der Waals surface area contributed by atoms with Crippen LogP contribution in [0.15, 0.2) is 110 Å². The Balaban J connectivity index is 0.000000194. The van der Waals surface area contributed by atoms with Crippen LogP contribution in [-0.2, 0) is 29.6 Å². The average Bonchev–Trinajstić information content (AvgIpc) is 3.80. The van der Waals surface area contributed by atoms with Crippen LogP contribution in [0.1, 0.15) is 72.2 Å². The summed E-state index contributed by atoms with van der Waals surface area (Å²) in [7, 11) is 0. The summed E-state index contributed by atoms with van der Waals surface area (Å²) in [6, 6.07) is 26.6. The number of benzene rings is 2. The summed E-state index contributed by atoms with van der Waals surface area (Å²) < 4.78 is 14.2. The van der Waals surface area contributed by atoms with Crippen molar-refractivity contribution in [3.8, 4) is 0 Å². The van der Waals surface area contributed by atoms with E-state index in [1.807, 2.05) is 0 Å². The number of aromatic nitrogens is 2. The fourth-order valence-corrected chi connectivity index (χ4v) is 40.2. The van der Waals surface area contributed by atoms with Crippen molar-refractivity contribution in [1.82, 2.24) is 16.7 Å². The van der Waals surface area contributed by atoms with E-state index in [4.69, 9.17) is 0 Å². The number of allylic oxidation sites excluding steroid dienone is 2. The van der Waals surface area contributed by atoms with E-state index in [-0.39, 0.29) is 11.1 Å². The molecule has 2 aromatic carbocycles. The molecule has 2 atom stereocenters. The van der Waals surface area contributed by atoms with Crippen LogP contribution in [0.2, 0.25) is 47.1 Å². The number of hydrogen-bond donors (Lipinski definition) is 2. The Kier molecular flexibility index (Phi) is 10.7. The predicted octanol–water partition coefficient (Wildman–Crippen LogP) is 11.0. The first kappa shape index (κ1) is 39.5. The van der Waals surface area contributed by atoms with Gasteiger partial charge in [-0.25, -0.2) is 0 Å². The summed E-state index contributed by atoms with van der Waals surface area (Å²) in [6.07, 6.45) is 13.8. The first-order valence-electron chi connectivity index (χ1n) is 18.9. The van der Waals surface area contributed by atoms with Crippen molar-refractivity contribution in [2.24, 2.45) is 0 Å². The van der Waals surface area contributed by atoms with Crippen molar-refractivity contribution in [1.29, 1.82) is 0 Å². The van der Waals surface area contributed by atoms with Crippen LogP contribution < -0.4 is 7.60 Å². The van der Waals surface area contributed by atoms with Gasteiger partial charge in [0, 0.05) is 0 Å². The second kappa shape index (κ2) is 13.6. The van der Waals surface area contributed by atoms with Gasteiger partial charge in [0.25, 0.3) is 0 Å². The minimum atomic E-state index is -2.97. The Morgan fingerprint density at radius 2 is 0.800 bits per heavy atom. The molecule has 0 saturated carbocycles. The van der Waals surface area contributed by atoms with E-state index in [1.54, 1.807) is 0 Å². The molecular weight excluding hydrogens is 712 g/mol. The first-order chi connectivity index (χ1) is 23.0. The van der Waals surface area contributed by atoms with Crippen molar-refractivity contribution >= 4 is 24.7 Å². The van der Waals surface area contributed by atoms with Crippen molar-refractivity contribution in [2.45, 2.75) is 108 Å². The van der Waals surface area contributed by atoms with Gasteiger partial charge in [-0.2, -0.15) is 0 Å². The van der Waals surface area contributed by atoms with E-state index in [2.05, 4.69) is 215 Å². The zero-order valence-corrected chi connectivity index (χ0v) is 39.0. The first-order valence-corrected chi connectivity index (χ1v) is 39.7. The molecule has 0 aliphatic heterocycles. The molecule has 4 aromatic rings. The molecule has 2 heterocycles. The zero-order valence-electron chi connectivity index (χ0n) is 33.6. The van der Waals surface area contributed by atoms with Gasteiger partial charge in [-0.15, -0.1) is 0 Å². The summed E-state index contributed by atoms with van der Waals surface area (Å²) in [4.78, 5) is 0. The maximum atomic E-state index is 4.26. The molecule has 0 amide bonds. The van der Waals surface area contributed by atoms with Gasteiger partial charge in [-0.3, -0.25) is 0 Å². The number of nitrogens with one attached hydrogen (secondary N) is 2.